The van der Waals surface area contributed by atoms with E-state index in [2.05, 4.69) is 9.72 Å². The molecule has 0 saturated heterocycles. The van der Waals surface area contributed by atoms with Gasteiger partial charge in [-0.3, -0.25) is 0 Å². The normalized spacial score (nSPS) is 11.5. The van der Waals surface area contributed by atoms with Gasteiger partial charge in [0.25, 0.3) is 0 Å². The Kier molecular flexibility index (Phi) is 6.02. The summed E-state index contributed by atoms with van der Waals surface area (Å²) in [5, 5.41) is 9.17. The molecule has 1 aromatic carbocycles. The average Bonchev–Trinajstić information content (AvgIpc) is 2.99. The molecule has 0 saturated carbocycles. The maximum Gasteiger partial charge on any atom is 0.387 e. The molecule has 0 amide bonds. The van der Waals surface area contributed by atoms with Crippen molar-refractivity contribution >= 4 is 35.5 Å². The Morgan fingerprint density at radius 1 is 1.33 bits per heavy atom. The number of carboxylic acids is 1. The fourth-order valence-electron chi connectivity index (χ4n) is 1.81. The maximum absolute atomic E-state index is 12.6. The van der Waals surface area contributed by atoms with Crippen LogP contribution in [0.3, 0.4) is 0 Å². The minimum absolute atomic E-state index is 0.0613. The first-order chi connectivity index (χ1) is 11.5. The number of carbonyl (C=O) groups is 1. The van der Waals surface area contributed by atoms with E-state index in [1.54, 1.807) is 24.3 Å². The predicted molar refractivity (Wildman–Crippen MR) is 87.3 cm³/mol. The SMILES string of the molecule is COc1cccc(C=Cc2ncc(C=CC(=O)O)s2)c1OC(F)F. The van der Waals surface area contributed by atoms with Crippen LogP contribution < -0.4 is 9.47 Å². The molecular weight excluding hydrogens is 340 g/mol. The Labute approximate surface area is 140 Å². The fourth-order valence-corrected chi connectivity index (χ4v) is 2.53. The summed E-state index contributed by atoms with van der Waals surface area (Å²) < 4.78 is 34.7. The maximum atomic E-state index is 12.6. The van der Waals surface area contributed by atoms with E-state index < -0.39 is 12.6 Å². The van der Waals surface area contributed by atoms with Crippen LogP contribution in [0, 0.1) is 0 Å². The zero-order chi connectivity index (χ0) is 17.5. The number of alkyl halides is 2. The van der Waals surface area contributed by atoms with Gasteiger partial charge in [0.1, 0.15) is 5.01 Å². The third-order valence-electron chi connectivity index (χ3n) is 2.77. The van der Waals surface area contributed by atoms with Crippen LogP contribution >= 0.6 is 11.3 Å². The number of rotatable bonds is 7. The molecular formula is C16H13F2NO4S. The quantitative estimate of drug-likeness (QED) is 0.762. The second-order valence-corrected chi connectivity index (χ2v) is 5.46. The number of ether oxygens (including phenoxy) is 2. The highest BCUT2D eigenvalue weighted by molar-refractivity contribution is 7.13. The second kappa shape index (κ2) is 8.21. The zero-order valence-electron chi connectivity index (χ0n) is 12.5. The summed E-state index contributed by atoms with van der Waals surface area (Å²) in [4.78, 5) is 15.2. The summed E-state index contributed by atoms with van der Waals surface area (Å²) >= 11 is 1.26. The second-order valence-electron chi connectivity index (χ2n) is 4.36. The Morgan fingerprint density at radius 3 is 2.79 bits per heavy atom. The molecule has 1 N–H and O–H groups in total. The first-order valence-corrected chi connectivity index (χ1v) is 7.48. The average molecular weight is 353 g/mol. The Bertz CT molecular complexity index is 771. The lowest BCUT2D eigenvalue weighted by Crippen LogP contribution is -2.04. The molecule has 1 aromatic heterocycles. The number of methoxy groups -OCH3 is 1. The van der Waals surface area contributed by atoms with Crippen molar-refractivity contribution in [2.45, 2.75) is 6.61 Å². The Balaban J connectivity index is 2.24. The van der Waals surface area contributed by atoms with Gasteiger partial charge in [0.2, 0.25) is 0 Å². The van der Waals surface area contributed by atoms with Gasteiger partial charge in [0.15, 0.2) is 11.5 Å². The van der Waals surface area contributed by atoms with Gasteiger partial charge in [0, 0.05) is 22.7 Å². The summed E-state index contributed by atoms with van der Waals surface area (Å²) in [6.07, 6.45) is 7.15. The van der Waals surface area contributed by atoms with Crippen LogP contribution in [-0.2, 0) is 4.79 Å². The molecule has 2 rings (SSSR count). The molecule has 0 aliphatic rings. The molecule has 0 bridgehead atoms. The number of aromatic nitrogens is 1. The first-order valence-electron chi connectivity index (χ1n) is 6.66. The predicted octanol–water partition coefficient (Wildman–Crippen LogP) is 4.02. The van der Waals surface area contributed by atoms with E-state index >= 15 is 0 Å². The van der Waals surface area contributed by atoms with Crippen LogP contribution in [0.2, 0.25) is 0 Å². The Morgan fingerprint density at radius 2 is 2.12 bits per heavy atom. The van der Waals surface area contributed by atoms with Gasteiger partial charge in [0.05, 0.1) is 7.11 Å². The van der Waals surface area contributed by atoms with Gasteiger partial charge in [-0.1, -0.05) is 12.1 Å². The van der Waals surface area contributed by atoms with Gasteiger partial charge < -0.3 is 14.6 Å². The number of hydrogen-bond donors (Lipinski definition) is 1. The molecule has 0 radical (unpaired) electrons. The summed E-state index contributed by atoms with van der Waals surface area (Å²) in [7, 11) is 1.36. The van der Waals surface area contributed by atoms with E-state index in [0.717, 1.165) is 6.08 Å². The number of hydrogen-bond acceptors (Lipinski definition) is 5. The lowest BCUT2D eigenvalue weighted by atomic mass is 10.1. The van der Waals surface area contributed by atoms with Crippen molar-refractivity contribution in [3.63, 3.8) is 0 Å². The van der Waals surface area contributed by atoms with E-state index in [1.807, 2.05) is 0 Å². The van der Waals surface area contributed by atoms with E-state index in [1.165, 1.54) is 36.8 Å². The zero-order valence-corrected chi connectivity index (χ0v) is 13.3. The standard InChI is InChI=1S/C16H13F2NO4S/c1-22-12-4-2-3-10(15(12)23-16(17)18)5-7-13-19-9-11(24-13)6-8-14(20)21/h2-9,16H,1H3,(H,20,21). The molecule has 0 fully saturated rings. The minimum atomic E-state index is -2.97. The smallest absolute Gasteiger partial charge is 0.387 e. The summed E-state index contributed by atoms with van der Waals surface area (Å²) in [6.45, 7) is -2.97. The molecule has 0 aliphatic heterocycles. The number of aliphatic carboxylic acids is 1. The molecule has 126 valence electrons. The molecule has 0 atom stereocenters. The molecule has 5 nitrogen and oxygen atoms in total. The highest BCUT2D eigenvalue weighted by Crippen LogP contribution is 2.33. The van der Waals surface area contributed by atoms with Crippen LogP contribution in [0.1, 0.15) is 15.4 Å². The van der Waals surface area contributed by atoms with Crippen molar-refractivity contribution in [3.8, 4) is 11.5 Å². The van der Waals surface area contributed by atoms with E-state index in [4.69, 9.17) is 9.84 Å². The van der Waals surface area contributed by atoms with E-state index in [0.29, 0.717) is 15.4 Å². The van der Waals surface area contributed by atoms with Crippen LogP contribution in [0.4, 0.5) is 8.78 Å². The number of carboxylic acid groups (broad SMARTS) is 1. The Hall–Kier alpha value is -2.74. The van der Waals surface area contributed by atoms with Gasteiger partial charge in [-0.2, -0.15) is 8.78 Å². The van der Waals surface area contributed by atoms with Crippen molar-refractivity contribution in [1.29, 1.82) is 0 Å². The lowest BCUT2D eigenvalue weighted by Gasteiger charge is -2.12. The number of nitrogens with zero attached hydrogens (tertiary/aromatic N) is 1. The number of halogens is 2. The number of thiazole rings is 1. The number of benzene rings is 1. The van der Waals surface area contributed by atoms with Gasteiger partial charge in [-0.05, 0) is 24.3 Å². The molecule has 1 heterocycles. The van der Waals surface area contributed by atoms with Crippen molar-refractivity contribution in [2.24, 2.45) is 0 Å². The van der Waals surface area contributed by atoms with E-state index in [9.17, 15) is 13.6 Å². The van der Waals surface area contributed by atoms with Crippen LogP contribution in [0.25, 0.3) is 18.2 Å². The van der Waals surface area contributed by atoms with Gasteiger partial charge >= 0.3 is 12.6 Å². The minimum Gasteiger partial charge on any atom is -0.493 e. The third-order valence-corrected chi connectivity index (χ3v) is 3.70. The highest BCUT2D eigenvalue weighted by atomic mass is 32.1. The van der Waals surface area contributed by atoms with Crippen molar-refractivity contribution in [3.05, 3.63) is 45.9 Å². The first kappa shape index (κ1) is 17.6. The third kappa shape index (κ3) is 4.88. The molecule has 8 heteroatoms. The largest absolute Gasteiger partial charge is 0.493 e. The molecule has 0 aliphatic carbocycles. The van der Waals surface area contributed by atoms with Gasteiger partial charge in [-0.15, -0.1) is 11.3 Å². The molecule has 24 heavy (non-hydrogen) atoms. The monoisotopic (exact) mass is 353 g/mol. The summed E-state index contributed by atoms with van der Waals surface area (Å²) in [5.74, 6) is -0.916. The fraction of sp³-hybridized carbons (Fsp3) is 0.125. The van der Waals surface area contributed by atoms with Crippen LogP contribution in [0.5, 0.6) is 11.5 Å². The molecule has 0 spiro atoms. The highest BCUT2D eigenvalue weighted by Gasteiger charge is 2.13. The van der Waals surface area contributed by atoms with E-state index in [-0.39, 0.29) is 11.5 Å². The molecule has 2 aromatic rings. The lowest BCUT2D eigenvalue weighted by molar-refractivity contribution is -0.131. The number of para-hydroxylation sites is 1. The van der Waals surface area contributed by atoms with Crippen molar-refractivity contribution < 1.29 is 28.2 Å². The topological polar surface area (TPSA) is 68.7 Å². The van der Waals surface area contributed by atoms with Crippen LogP contribution in [-0.4, -0.2) is 29.8 Å². The van der Waals surface area contributed by atoms with Crippen molar-refractivity contribution in [2.75, 3.05) is 7.11 Å². The van der Waals surface area contributed by atoms with Gasteiger partial charge in [-0.25, -0.2) is 9.78 Å². The summed E-state index contributed by atoms with van der Waals surface area (Å²) in [6, 6.07) is 4.78. The van der Waals surface area contributed by atoms with Crippen LogP contribution in [0.15, 0.2) is 30.5 Å². The van der Waals surface area contributed by atoms with Crippen molar-refractivity contribution in [1.82, 2.24) is 4.98 Å². The molecule has 0 unspecified atom stereocenters. The summed E-state index contributed by atoms with van der Waals surface area (Å²) in [5.41, 5.74) is 0.410.